The van der Waals surface area contributed by atoms with Crippen molar-refractivity contribution in [3.8, 4) is 0 Å². The van der Waals surface area contributed by atoms with Crippen molar-refractivity contribution >= 4 is 23.4 Å². The Morgan fingerprint density at radius 2 is 1.83 bits per heavy atom. The molecule has 4 nitrogen and oxygen atoms in total. The third-order valence-electron chi connectivity index (χ3n) is 3.78. The van der Waals surface area contributed by atoms with Gasteiger partial charge in [0.25, 0.3) is 0 Å². The number of carbonyl (C=O) groups is 2. The number of allylic oxidation sites excluding steroid dienone is 1. The molecule has 1 unspecified atom stereocenters. The lowest BCUT2D eigenvalue weighted by atomic mass is 9.79. The van der Waals surface area contributed by atoms with Gasteiger partial charge in [0.1, 0.15) is 5.83 Å². The highest BCUT2D eigenvalue weighted by Gasteiger charge is 2.36. The molecule has 0 spiro atoms. The van der Waals surface area contributed by atoms with E-state index in [0.29, 0.717) is 5.02 Å². The number of carboxylic acids is 1. The van der Waals surface area contributed by atoms with Crippen LogP contribution in [0.2, 0.25) is 5.02 Å². The van der Waals surface area contributed by atoms with Crippen molar-refractivity contribution in [3.05, 3.63) is 57.9 Å². The monoisotopic (exact) mass is 338 g/mol. The second-order valence-electron chi connectivity index (χ2n) is 5.97. The summed E-state index contributed by atoms with van der Waals surface area (Å²) >= 11 is 5.75. The fraction of sp³-hybridized carbons (Fsp3) is 0.294. The SMILES string of the molecule is CC(C)(O)C1C=C(C(=O)O)C(C(=O)c2ccc(Cl)cc2)=C(F)C1. The first kappa shape index (κ1) is 17.4. The first-order chi connectivity index (χ1) is 10.6. The summed E-state index contributed by atoms with van der Waals surface area (Å²) in [6.07, 6.45) is 1.02. The quantitative estimate of drug-likeness (QED) is 0.823. The predicted molar refractivity (Wildman–Crippen MR) is 84.0 cm³/mol. The second-order valence-corrected chi connectivity index (χ2v) is 6.40. The molecule has 0 radical (unpaired) electrons. The van der Waals surface area contributed by atoms with E-state index in [2.05, 4.69) is 0 Å². The van der Waals surface area contributed by atoms with Gasteiger partial charge < -0.3 is 10.2 Å². The molecule has 6 heteroatoms. The highest BCUT2D eigenvalue weighted by Crippen LogP contribution is 2.37. The number of aliphatic hydroxyl groups is 1. The van der Waals surface area contributed by atoms with Crippen LogP contribution in [-0.4, -0.2) is 27.6 Å². The molecule has 1 atom stereocenters. The van der Waals surface area contributed by atoms with Gasteiger partial charge in [0, 0.05) is 22.9 Å². The minimum absolute atomic E-state index is 0.147. The van der Waals surface area contributed by atoms with Crippen molar-refractivity contribution < 1.29 is 24.2 Å². The minimum atomic E-state index is -1.41. The second kappa shape index (κ2) is 6.26. The maximum absolute atomic E-state index is 14.5. The Labute approximate surface area is 137 Å². The lowest BCUT2D eigenvalue weighted by molar-refractivity contribution is -0.132. The van der Waals surface area contributed by atoms with Crippen LogP contribution < -0.4 is 0 Å². The number of carbonyl (C=O) groups excluding carboxylic acids is 1. The lowest BCUT2D eigenvalue weighted by Crippen LogP contribution is -2.33. The van der Waals surface area contributed by atoms with Gasteiger partial charge >= 0.3 is 5.97 Å². The molecule has 0 bridgehead atoms. The fourth-order valence-electron chi connectivity index (χ4n) is 2.41. The Morgan fingerprint density at radius 3 is 2.30 bits per heavy atom. The molecule has 0 amide bonds. The van der Waals surface area contributed by atoms with Gasteiger partial charge in [-0.25, -0.2) is 9.18 Å². The van der Waals surface area contributed by atoms with Crippen LogP contribution in [0.25, 0.3) is 0 Å². The molecule has 0 aromatic heterocycles. The van der Waals surface area contributed by atoms with E-state index in [-0.39, 0.29) is 12.0 Å². The van der Waals surface area contributed by atoms with Crippen molar-refractivity contribution in [2.24, 2.45) is 5.92 Å². The molecule has 2 N–H and O–H groups in total. The highest BCUT2D eigenvalue weighted by molar-refractivity contribution is 6.30. The minimum Gasteiger partial charge on any atom is -0.478 e. The summed E-state index contributed by atoms with van der Waals surface area (Å²) in [6, 6.07) is 5.76. The number of halogens is 2. The zero-order valence-electron chi connectivity index (χ0n) is 12.6. The van der Waals surface area contributed by atoms with E-state index in [0.717, 1.165) is 0 Å². The zero-order chi connectivity index (χ0) is 17.4. The number of ketones is 1. The smallest absolute Gasteiger partial charge is 0.336 e. The molecule has 122 valence electrons. The molecule has 1 aromatic carbocycles. The Bertz CT molecular complexity index is 711. The molecule has 0 saturated carbocycles. The van der Waals surface area contributed by atoms with Crippen LogP contribution >= 0.6 is 11.6 Å². The first-order valence-electron chi connectivity index (χ1n) is 6.98. The Morgan fingerprint density at radius 1 is 1.26 bits per heavy atom. The van der Waals surface area contributed by atoms with Gasteiger partial charge in [-0.3, -0.25) is 4.79 Å². The average Bonchev–Trinajstić information content (AvgIpc) is 2.45. The van der Waals surface area contributed by atoms with Crippen molar-refractivity contribution in [1.29, 1.82) is 0 Å². The van der Waals surface area contributed by atoms with Gasteiger partial charge in [-0.2, -0.15) is 0 Å². The normalized spacial score (nSPS) is 18.7. The summed E-state index contributed by atoms with van der Waals surface area (Å²) in [5.41, 5.74) is -2.05. The van der Waals surface area contributed by atoms with Gasteiger partial charge in [0.2, 0.25) is 0 Å². The van der Waals surface area contributed by atoms with Crippen LogP contribution in [0.1, 0.15) is 30.6 Å². The number of Topliss-reactive ketones (excluding diaryl/α,β-unsaturated/α-hetero) is 1. The summed E-state index contributed by atoms with van der Waals surface area (Å²) in [5, 5.41) is 19.7. The van der Waals surface area contributed by atoms with Crippen molar-refractivity contribution in [2.45, 2.75) is 25.9 Å². The summed E-state index contributed by atoms with van der Waals surface area (Å²) < 4.78 is 14.5. The molecule has 0 heterocycles. The van der Waals surface area contributed by atoms with Crippen LogP contribution in [0.3, 0.4) is 0 Å². The molecule has 0 fully saturated rings. The zero-order valence-corrected chi connectivity index (χ0v) is 13.4. The number of carboxylic acid groups (broad SMARTS) is 1. The molecular formula is C17H16ClFO4. The average molecular weight is 339 g/mol. The standard InChI is InChI=1S/C17H16ClFO4/c1-17(2,23)10-7-12(16(21)22)14(13(19)8-10)15(20)9-3-5-11(18)6-4-9/h3-7,10,23H,8H2,1-2H3,(H,21,22). The van der Waals surface area contributed by atoms with Crippen molar-refractivity contribution in [2.75, 3.05) is 0 Å². The Hall–Kier alpha value is -1.98. The molecule has 23 heavy (non-hydrogen) atoms. The van der Waals surface area contributed by atoms with E-state index in [4.69, 9.17) is 11.6 Å². The summed E-state index contributed by atoms with van der Waals surface area (Å²) in [4.78, 5) is 23.9. The van der Waals surface area contributed by atoms with Gasteiger partial charge in [-0.05, 0) is 38.1 Å². The summed E-state index contributed by atoms with van der Waals surface area (Å²) in [5.74, 6) is -3.69. The summed E-state index contributed by atoms with van der Waals surface area (Å²) in [7, 11) is 0. The van der Waals surface area contributed by atoms with Crippen LogP contribution in [0.4, 0.5) is 4.39 Å². The van der Waals surface area contributed by atoms with E-state index in [1.807, 2.05) is 0 Å². The summed E-state index contributed by atoms with van der Waals surface area (Å²) in [6.45, 7) is 2.93. The molecule has 2 rings (SSSR count). The van der Waals surface area contributed by atoms with E-state index in [1.165, 1.54) is 44.2 Å². The number of aliphatic carboxylic acids is 1. The van der Waals surface area contributed by atoms with Crippen LogP contribution in [0.5, 0.6) is 0 Å². The molecule has 0 saturated heterocycles. The van der Waals surface area contributed by atoms with Gasteiger partial charge in [-0.1, -0.05) is 17.7 Å². The van der Waals surface area contributed by atoms with Crippen LogP contribution in [0, 0.1) is 5.92 Å². The maximum atomic E-state index is 14.5. The van der Waals surface area contributed by atoms with Crippen molar-refractivity contribution in [3.63, 3.8) is 0 Å². The lowest BCUT2D eigenvalue weighted by Gasteiger charge is -2.30. The third kappa shape index (κ3) is 3.68. The van der Waals surface area contributed by atoms with Gasteiger partial charge in [-0.15, -0.1) is 0 Å². The fourth-order valence-corrected chi connectivity index (χ4v) is 2.53. The van der Waals surface area contributed by atoms with E-state index < -0.39 is 40.2 Å². The van der Waals surface area contributed by atoms with E-state index in [9.17, 15) is 24.2 Å². The van der Waals surface area contributed by atoms with Gasteiger partial charge in [0.15, 0.2) is 5.78 Å². The number of benzene rings is 1. The molecule has 1 aliphatic rings. The van der Waals surface area contributed by atoms with E-state index >= 15 is 0 Å². The van der Waals surface area contributed by atoms with Crippen LogP contribution in [-0.2, 0) is 4.79 Å². The molecule has 1 aromatic rings. The van der Waals surface area contributed by atoms with Gasteiger partial charge in [0.05, 0.1) is 16.7 Å². The number of hydrogen-bond acceptors (Lipinski definition) is 3. The molecular weight excluding hydrogens is 323 g/mol. The predicted octanol–water partition coefficient (Wildman–Crippen LogP) is 3.55. The number of rotatable bonds is 4. The van der Waals surface area contributed by atoms with Crippen LogP contribution in [0.15, 0.2) is 47.3 Å². The highest BCUT2D eigenvalue weighted by atomic mass is 35.5. The Kier molecular flexibility index (Phi) is 4.73. The topological polar surface area (TPSA) is 74.6 Å². The first-order valence-corrected chi connectivity index (χ1v) is 7.36. The van der Waals surface area contributed by atoms with E-state index in [1.54, 1.807) is 0 Å². The third-order valence-corrected chi connectivity index (χ3v) is 4.03. The largest absolute Gasteiger partial charge is 0.478 e. The maximum Gasteiger partial charge on any atom is 0.336 e. The Balaban J connectivity index is 2.48. The number of hydrogen-bond donors (Lipinski definition) is 2. The molecule has 0 aliphatic heterocycles. The molecule has 1 aliphatic carbocycles. The van der Waals surface area contributed by atoms with Crippen molar-refractivity contribution in [1.82, 2.24) is 0 Å².